The van der Waals surface area contributed by atoms with Gasteiger partial charge in [-0.1, -0.05) is 30.3 Å². The highest BCUT2D eigenvalue weighted by Crippen LogP contribution is 2.19. The molecule has 0 aliphatic rings. The lowest BCUT2D eigenvalue weighted by atomic mass is 10.2. The number of hydrogen-bond donors (Lipinski definition) is 1. The monoisotopic (exact) mass is 253 g/mol. The number of nitrogens with one attached hydrogen (secondary N) is 1. The third-order valence-electron chi connectivity index (χ3n) is 3.30. The molecule has 19 heavy (non-hydrogen) atoms. The number of hydrogen-bond acceptors (Lipinski definition) is 2. The molecule has 2 heterocycles. The van der Waals surface area contributed by atoms with Crippen LogP contribution in [0.3, 0.4) is 0 Å². The SMILES string of the molecule is CCn1cc(C)c2c(=O)[nH]c(-c3ccccc3)nc21. The van der Waals surface area contributed by atoms with E-state index in [1.54, 1.807) is 0 Å². The minimum atomic E-state index is -0.0754. The summed E-state index contributed by atoms with van der Waals surface area (Å²) in [5.74, 6) is 0.617. The van der Waals surface area contributed by atoms with Gasteiger partial charge in [-0.05, 0) is 19.4 Å². The average molecular weight is 253 g/mol. The smallest absolute Gasteiger partial charge is 0.260 e. The molecular formula is C15H15N3O. The van der Waals surface area contributed by atoms with Crippen LogP contribution in [0, 0.1) is 6.92 Å². The molecule has 0 atom stereocenters. The number of aryl methyl sites for hydroxylation is 2. The molecule has 0 fully saturated rings. The van der Waals surface area contributed by atoms with Crippen LogP contribution >= 0.6 is 0 Å². The van der Waals surface area contributed by atoms with Crippen LogP contribution in [-0.2, 0) is 6.54 Å². The van der Waals surface area contributed by atoms with Gasteiger partial charge in [0.1, 0.15) is 11.5 Å². The van der Waals surface area contributed by atoms with E-state index in [0.29, 0.717) is 11.2 Å². The third kappa shape index (κ3) is 1.85. The summed E-state index contributed by atoms with van der Waals surface area (Å²) in [6.45, 7) is 4.78. The van der Waals surface area contributed by atoms with Crippen LogP contribution in [0.5, 0.6) is 0 Å². The maximum Gasteiger partial charge on any atom is 0.260 e. The highest BCUT2D eigenvalue weighted by atomic mass is 16.1. The van der Waals surface area contributed by atoms with Gasteiger partial charge in [0.25, 0.3) is 5.56 Å². The normalized spacial score (nSPS) is 11.1. The molecule has 2 aromatic heterocycles. The van der Waals surface area contributed by atoms with Gasteiger partial charge in [-0.25, -0.2) is 4.98 Å². The van der Waals surface area contributed by atoms with Gasteiger partial charge in [-0.2, -0.15) is 0 Å². The fourth-order valence-electron chi connectivity index (χ4n) is 2.36. The summed E-state index contributed by atoms with van der Waals surface area (Å²) in [5, 5.41) is 0.682. The van der Waals surface area contributed by atoms with Crippen molar-refractivity contribution in [3.05, 3.63) is 52.4 Å². The largest absolute Gasteiger partial charge is 0.332 e. The number of benzene rings is 1. The van der Waals surface area contributed by atoms with Crippen molar-refractivity contribution in [3.8, 4) is 11.4 Å². The zero-order chi connectivity index (χ0) is 13.4. The Morgan fingerprint density at radius 1 is 1.26 bits per heavy atom. The van der Waals surface area contributed by atoms with E-state index in [9.17, 15) is 4.79 Å². The Morgan fingerprint density at radius 2 is 2.00 bits per heavy atom. The Labute approximate surface area is 110 Å². The van der Waals surface area contributed by atoms with Crippen LogP contribution in [-0.4, -0.2) is 14.5 Å². The molecular weight excluding hydrogens is 238 g/mol. The molecule has 0 amide bonds. The molecule has 0 bridgehead atoms. The molecule has 0 unspecified atom stereocenters. The van der Waals surface area contributed by atoms with Crippen molar-refractivity contribution in [1.82, 2.24) is 14.5 Å². The topological polar surface area (TPSA) is 50.7 Å². The summed E-state index contributed by atoms with van der Waals surface area (Å²) in [7, 11) is 0. The van der Waals surface area contributed by atoms with Crippen molar-refractivity contribution >= 4 is 11.0 Å². The van der Waals surface area contributed by atoms with Crippen LogP contribution < -0.4 is 5.56 Å². The number of rotatable bonds is 2. The Bertz CT molecular complexity index is 784. The second-order valence-electron chi connectivity index (χ2n) is 4.58. The van der Waals surface area contributed by atoms with Crippen molar-refractivity contribution in [1.29, 1.82) is 0 Å². The second-order valence-corrected chi connectivity index (χ2v) is 4.58. The van der Waals surface area contributed by atoms with Crippen LogP contribution in [0.1, 0.15) is 12.5 Å². The quantitative estimate of drug-likeness (QED) is 0.763. The fraction of sp³-hybridized carbons (Fsp3) is 0.200. The van der Waals surface area contributed by atoms with Gasteiger partial charge in [0.2, 0.25) is 0 Å². The number of nitrogens with zero attached hydrogens (tertiary/aromatic N) is 2. The molecule has 1 N–H and O–H groups in total. The number of H-pyrrole nitrogens is 1. The van der Waals surface area contributed by atoms with Gasteiger partial charge in [-0.3, -0.25) is 4.79 Å². The van der Waals surface area contributed by atoms with Crippen molar-refractivity contribution in [3.63, 3.8) is 0 Å². The molecule has 0 saturated heterocycles. The fourth-order valence-corrected chi connectivity index (χ4v) is 2.36. The third-order valence-corrected chi connectivity index (χ3v) is 3.30. The summed E-state index contributed by atoms with van der Waals surface area (Å²) in [5.41, 5.74) is 2.56. The summed E-state index contributed by atoms with van der Waals surface area (Å²) in [6, 6.07) is 9.69. The Morgan fingerprint density at radius 3 is 2.68 bits per heavy atom. The molecule has 1 aromatic carbocycles. The van der Waals surface area contributed by atoms with E-state index in [2.05, 4.69) is 9.97 Å². The van der Waals surface area contributed by atoms with E-state index in [1.165, 1.54) is 0 Å². The molecule has 0 aliphatic carbocycles. The molecule has 3 aromatic rings. The number of aromatic nitrogens is 3. The molecule has 0 spiro atoms. The first kappa shape index (κ1) is 11.7. The molecule has 4 heteroatoms. The van der Waals surface area contributed by atoms with Crippen LogP contribution in [0.4, 0.5) is 0 Å². The van der Waals surface area contributed by atoms with Gasteiger partial charge < -0.3 is 9.55 Å². The Hall–Kier alpha value is -2.36. The molecule has 96 valence electrons. The van der Waals surface area contributed by atoms with E-state index in [0.717, 1.165) is 23.3 Å². The van der Waals surface area contributed by atoms with Crippen molar-refractivity contribution < 1.29 is 0 Å². The molecule has 3 rings (SSSR count). The van der Waals surface area contributed by atoms with E-state index < -0.39 is 0 Å². The van der Waals surface area contributed by atoms with Crippen LogP contribution in [0.2, 0.25) is 0 Å². The first-order chi connectivity index (χ1) is 9.20. The Kier molecular flexibility index (Phi) is 2.71. The molecule has 0 aliphatic heterocycles. The first-order valence-electron chi connectivity index (χ1n) is 6.36. The highest BCUT2D eigenvalue weighted by molar-refractivity contribution is 5.80. The van der Waals surface area contributed by atoms with E-state index >= 15 is 0 Å². The summed E-state index contributed by atoms with van der Waals surface area (Å²) >= 11 is 0. The second kappa shape index (κ2) is 4.39. The van der Waals surface area contributed by atoms with E-state index in [4.69, 9.17) is 0 Å². The highest BCUT2D eigenvalue weighted by Gasteiger charge is 2.12. The maximum absolute atomic E-state index is 12.2. The van der Waals surface area contributed by atoms with E-state index in [-0.39, 0.29) is 5.56 Å². The minimum Gasteiger partial charge on any atom is -0.332 e. The van der Waals surface area contributed by atoms with Gasteiger partial charge in [0.15, 0.2) is 0 Å². The zero-order valence-electron chi connectivity index (χ0n) is 11.0. The summed E-state index contributed by atoms with van der Waals surface area (Å²) in [4.78, 5) is 19.7. The lowest BCUT2D eigenvalue weighted by Crippen LogP contribution is -2.10. The van der Waals surface area contributed by atoms with Gasteiger partial charge in [0.05, 0.1) is 5.39 Å². The molecule has 4 nitrogen and oxygen atoms in total. The molecule has 0 saturated carbocycles. The van der Waals surface area contributed by atoms with Gasteiger partial charge >= 0.3 is 0 Å². The molecule has 0 radical (unpaired) electrons. The van der Waals surface area contributed by atoms with Gasteiger partial charge in [-0.15, -0.1) is 0 Å². The van der Waals surface area contributed by atoms with Crippen LogP contribution in [0.15, 0.2) is 41.3 Å². The van der Waals surface area contributed by atoms with Gasteiger partial charge in [0, 0.05) is 18.3 Å². The number of fused-ring (bicyclic) bond motifs is 1. The standard InChI is InChI=1S/C15H15N3O/c1-3-18-9-10(2)12-14(18)16-13(17-15(12)19)11-7-5-4-6-8-11/h4-9H,3H2,1-2H3,(H,16,17,19). The predicted molar refractivity (Wildman–Crippen MR) is 76.2 cm³/mol. The lowest BCUT2D eigenvalue weighted by Gasteiger charge is -2.03. The van der Waals surface area contributed by atoms with E-state index in [1.807, 2.05) is 54.9 Å². The Balaban J connectivity index is 2.33. The average Bonchev–Trinajstić information content (AvgIpc) is 2.76. The number of aromatic amines is 1. The summed E-state index contributed by atoms with van der Waals surface area (Å²) < 4.78 is 2.01. The van der Waals surface area contributed by atoms with Crippen LogP contribution in [0.25, 0.3) is 22.4 Å². The maximum atomic E-state index is 12.2. The predicted octanol–water partition coefficient (Wildman–Crippen LogP) is 2.72. The van der Waals surface area contributed by atoms with Crippen molar-refractivity contribution in [2.24, 2.45) is 0 Å². The summed E-state index contributed by atoms with van der Waals surface area (Å²) in [6.07, 6.45) is 1.97. The first-order valence-corrected chi connectivity index (χ1v) is 6.36. The van der Waals surface area contributed by atoms with Crippen molar-refractivity contribution in [2.75, 3.05) is 0 Å². The minimum absolute atomic E-state index is 0.0754. The zero-order valence-corrected chi connectivity index (χ0v) is 11.0. The lowest BCUT2D eigenvalue weighted by molar-refractivity contribution is 0.784. The van der Waals surface area contributed by atoms with Crippen molar-refractivity contribution in [2.45, 2.75) is 20.4 Å².